The highest BCUT2D eigenvalue weighted by Crippen LogP contribution is 2.34. The van der Waals surface area contributed by atoms with Crippen molar-refractivity contribution in [2.45, 2.75) is 43.7 Å². The van der Waals surface area contributed by atoms with Gasteiger partial charge in [0, 0.05) is 12.7 Å². The van der Waals surface area contributed by atoms with Crippen LogP contribution in [0.15, 0.2) is 30.3 Å². The Balaban J connectivity index is 1.75. The zero-order valence-corrected chi connectivity index (χ0v) is 11.6. The van der Waals surface area contributed by atoms with Gasteiger partial charge in [-0.05, 0) is 6.92 Å². The summed E-state index contributed by atoms with van der Waals surface area (Å²) in [7, 11) is 1.57. The van der Waals surface area contributed by atoms with Crippen molar-refractivity contribution in [3.63, 3.8) is 0 Å². The summed E-state index contributed by atoms with van der Waals surface area (Å²) in [6.07, 6.45) is -2.45. The molecule has 2 heterocycles. The molecule has 0 aromatic heterocycles. The summed E-state index contributed by atoms with van der Waals surface area (Å²) in [5.41, 5.74) is 0.936. The monoisotopic (exact) mass is 280 g/mol. The molecule has 0 aliphatic carbocycles. The topological polar surface area (TPSA) is 57.2 Å². The normalized spacial score (nSPS) is 41.1. The quantitative estimate of drug-likeness (QED) is 0.884. The summed E-state index contributed by atoms with van der Waals surface area (Å²) >= 11 is 0. The first-order valence-electron chi connectivity index (χ1n) is 6.89. The van der Waals surface area contributed by atoms with E-state index in [1.165, 1.54) is 0 Å². The Labute approximate surface area is 118 Å². The number of aliphatic hydroxyl groups is 1. The van der Waals surface area contributed by atoms with Crippen LogP contribution in [0.25, 0.3) is 0 Å². The minimum absolute atomic E-state index is 0.184. The van der Waals surface area contributed by atoms with Gasteiger partial charge in [-0.3, -0.25) is 0 Å². The Morgan fingerprint density at radius 3 is 2.65 bits per heavy atom. The van der Waals surface area contributed by atoms with Gasteiger partial charge >= 0.3 is 0 Å². The third-order valence-corrected chi connectivity index (χ3v) is 3.93. The second-order valence-electron chi connectivity index (χ2n) is 5.25. The molecule has 5 nitrogen and oxygen atoms in total. The molecule has 5 heteroatoms. The molecule has 20 heavy (non-hydrogen) atoms. The van der Waals surface area contributed by atoms with Gasteiger partial charge in [0.05, 0.1) is 12.7 Å². The Hall–Kier alpha value is -0.980. The van der Waals surface area contributed by atoms with E-state index in [2.05, 4.69) is 0 Å². The fourth-order valence-electron chi connectivity index (χ4n) is 2.90. The number of benzene rings is 1. The van der Waals surface area contributed by atoms with E-state index in [4.69, 9.17) is 18.9 Å². The largest absolute Gasteiger partial charge is 0.387 e. The number of methoxy groups -OCH3 is 1. The Bertz CT molecular complexity index is 437. The van der Waals surface area contributed by atoms with Crippen LogP contribution in [0, 0.1) is 0 Å². The van der Waals surface area contributed by atoms with Crippen LogP contribution >= 0.6 is 0 Å². The molecule has 6 atom stereocenters. The van der Waals surface area contributed by atoms with Crippen LogP contribution < -0.4 is 0 Å². The summed E-state index contributed by atoms with van der Waals surface area (Å²) in [5, 5.41) is 10.4. The summed E-state index contributed by atoms with van der Waals surface area (Å²) < 4.78 is 22.7. The Morgan fingerprint density at radius 2 is 1.95 bits per heavy atom. The lowest BCUT2D eigenvalue weighted by atomic mass is 9.94. The molecule has 2 fully saturated rings. The Kier molecular flexibility index (Phi) is 4.05. The maximum Gasteiger partial charge on any atom is 0.184 e. The number of hydrogen-bond donors (Lipinski definition) is 1. The zero-order chi connectivity index (χ0) is 14.1. The van der Waals surface area contributed by atoms with E-state index >= 15 is 0 Å². The van der Waals surface area contributed by atoms with Gasteiger partial charge in [0.1, 0.15) is 24.4 Å². The number of ether oxygens (including phenoxy) is 4. The van der Waals surface area contributed by atoms with Crippen molar-refractivity contribution in [1.29, 1.82) is 0 Å². The number of rotatable bonds is 2. The van der Waals surface area contributed by atoms with Gasteiger partial charge < -0.3 is 24.1 Å². The van der Waals surface area contributed by atoms with Crippen LogP contribution in [0.5, 0.6) is 0 Å². The number of fused-ring (bicyclic) bond motifs is 1. The minimum atomic E-state index is -0.719. The fourth-order valence-corrected chi connectivity index (χ4v) is 2.90. The third kappa shape index (κ3) is 2.47. The predicted octanol–water partition coefficient (Wildman–Crippen LogP) is 1.26. The van der Waals surface area contributed by atoms with Crippen molar-refractivity contribution in [3.05, 3.63) is 35.9 Å². The molecule has 0 bridgehead atoms. The van der Waals surface area contributed by atoms with Crippen LogP contribution in [0.2, 0.25) is 0 Å². The number of aliphatic hydroxyl groups excluding tert-OH is 1. The summed E-state index contributed by atoms with van der Waals surface area (Å²) in [6.45, 7) is 2.29. The Morgan fingerprint density at radius 1 is 1.20 bits per heavy atom. The highest BCUT2D eigenvalue weighted by atomic mass is 16.7. The highest BCUT2D eigenvalue weighted by molar-refractivity contribution is 5.16. The third-order valence-electron chi connectivity index (χ3n) is 3.93. The molecule has 3 rings (SSSR count). The van der Waals surface area contributed by atoms with Gasteiger partial charge in [-0.25, -0.2) is 0 Å². The average molecular weight is 280 g/mol. The van der Waals surface area contributed by atoms with Gasteiger partial charge in [-0.15, -0.1) is 0 Å². The van der Waals surface area contributed by atoms with Crippen LogP contribution in [0.1, 0.15) is 18.8 Å². The van der Waals surface area contributed by atoms with E-state index < -0.39 is 18.5 Å². The van der Waals surface area contributed by atoms with Gasteiger partial charge in [0.25, 0.3) is 0 Å². The minimum Gasteiger partial charge on any atom is -0.387 e. The van der Waals surface area contributed by atoms with Gasteiger partial charge in [-0.2, -0.15) is 0 Å². The molecule has 0 spiro atoms. The SMILES string of the molecule is COC1[C@H](C)OC2COC(c3ccccc3)O[C@H]2[C@@H]1O. The zero-order valence-electron chi connectivity index (χ0n) is 11.6. The standard InChI is InChI=1S/C15H20O5/c1-9-13(17-2)12(16)14-11(19-9)8-18-15(20-14)10-6-4-3-5-7-10/h3-7,9,11-16H,8H2,1-2H3/t9-,11?,12+,13?,14+,15?/m0/s1. The van der Waals surface area contributed by atoms with Crippen LogP contribution in [-0.4, -0.2) is 49.3 Å². The van der Waals surface area contributed by atoms with Crippen molar-refractivity contribution in [3.8, 4) is 0 Å². The predicted molar refractivity (Wildman–Crippen MR) is 71.1 cm³/mol. The lowest BCUT2D eigenvalue weighted by Gasteiger charge is -2.46. The lowest BCUT2D eigenvalue weighted by Crippen LogP contribution is -2.61. The van der Waals surface area contributed by atoms with E-state index in [0.717, 1.165) is 5.56 Å². The summed E-state index contributed by atoms with van der Waals surface area (Å²) in [5.74, 6) is 0. The van der Waals surface area contributed by atoms with Gasteiger partial charge in [-0.1, -0.05) is 30.3 Å². The first-order valence-corrected chi connectivity index (χ1v) is 6.89. The first kappa shape index (κ1) is 14.0. The van der Waals surface area contributed by atoms with E-state index in [-0.39, 0.29) is 18.3 Å². The van der Waals surface area contributed by atoms with Crippen molar-refractivity contribution in [2.75, 3.05) is 13.7 Å². The van der Waals surface area contributed by atoms with Crippen LogP contribution in [0.4, 0.5) is 0 Å². The maximum atomic E-state index is 10.4. The number of hydrogen-bond acceptors (Lipinski definition) is 5. The van der Waals surface area contributed by atoms with Gasteiger partial charge in [0.2, 0.25) is 0 Å². The van der Waals surface area contributed by atoms with Crippen molar-refractivity contribution >= 4 is 0 Å². The molecular weight excluding hydrogens is 260 g/mol. The molecule has 1 aromatic rings. The van der Waals surface area contributed by atoms with E-state index in [1.54, 1.807) is 7.11 Å². The molecule has 2 saturated heterocycles. The molecule has 2 aliphatic rings. The lowest BCUT2D eigenvalue weighted by molar-refractivity contribution is -0.328. The van der Waals surface area contributed by atoms with E-state index in [9.17, 15) is 5.11 Å². The summed E-state index contributed by atoms with van der Waals surface area (Å²) in [6, 6.07) is 9.69. The van der Waals surface area contributed by atoms with Crippen molar-refractivity contribution in [1.82, 2.24) is 0 Å². The van der Waals surface area contributed by atoms with Crippen LogP contribution in [-0.2, 0) is 18.9 Å². The summed E-state index contributed by atoms with van der Waals surface area (Å²) in [4.78, 5) is 0. The molecular formula is C15H20O5. The average Bonchev–Trinajstić information content (AvgIpc) is 2.48. The van der Waals surface area contributed by atoms with Crippen molar-refractivity contribution in [2.24, 2.45) is 0 Å². The molecule has 0 radical (unpaired) electrons. The molecule has 1 aromatic carbocycles. The second kappa shape index (κ2) is 5.79. The molecule has 2 aliphatic heterocycles. The second-order valence-corrected chi connectivity index (χ2v) is 5.25. The fraction of sp³-hybridized carbons (Fsp3) is 0.600. The van der Waals surface area contributed by atoms with Crippen molar-refractivity contribution < 1.29 is 24.1 Å². The molecule has 0 amide bonds. The highest BCUT2D eigenvalue weighted by Gasteiger charge is 2.48. The smallest absolute Gasteiger partial charge is 0.184 e. The molecule has 3 unspecified atom stereocenters. The molecule has 110 valence electrons. The first-order chi connectivity index (χ1) is 9.70. The molecule has 1 N–H and O–H groups in total. The van der Waals surface area contributed by atoms with E-state index in [1.807, 2.05) is 37.3 Å². The molecule has 0 saturated carbocycles. The van der Waals surface area contributed by atoms with Crippen LogP contribution in [0.3, 0.4) is 0 Å². The van der Waals surface area contributed by atoms with E-state index in [0.29, 0.717) is 6.61 Å². The maximum absolute atomic E-state index is 10.4. The van der Waals surface area contributed by atoms with Gasteiger partial charge in [0.15, 0.2) is 6.29 Å².